The van der Waals surface area contributed by atoms with E-state index in [1.54, 1.807) is 6.92 Å². The summed E-state index contributed by atoms with van der Waals surface area (Å²) in [6, 6.07) is 4.88. The van der Waals surface area contributed by atoms with E-state index in [-0.39, 0.29) is 31.1 Å². The first kappa shape index (κ1) is 17.7. The first-order valence-electron chi connectivity index (χ1n) is 5.44. The van der Waals surface area contributed by atoms with E-state index < -0.39 is 23.6 Å². The fourth-order valence-electron chi connectivity index (χ4n) is 1.65. The molecule has 1 aromatic carbocycles. The lowest BCUT2D eigenvalue weighted by atomic mass is 9.94. The van der Waals surface area contributed by atoms with Crippen molar-refractivity contribution in [2.75, 3.05) is 13.2 Å². The van der Waals surface area contributed by atoms with Crippen molar-refractivity contribution < 1.29 is 22.7 Å². The van der Waals surface area contributed by atoms with Gasteiger partial charge >= 0.3 is 12.1 Å². The second-order valence-electron chi connectivity index (χ2n) is 3.63. The molecule has 0 aromatic heterocycles. The van der Waals surface area contributed by atoms with E-state index in [1.165, 1.54) is 18.2 Å². The first-order valence-corrected chi connectivity index (χ1v) is 5.44. The molecule has 0 amide bonds. The Bertz CT molecular complexity index is 424. The number of hydrogen-bond acceptors (Lipinski definition) is 3. The summed E-state index contributed by atoms with van der Waals surface area (Å²) in [6.07, 6.45) is -4.52. The Hall–Kier alpha value is -1.27. The smallest absolute Gasteiger partial charge is 0.416 e. The van der Waals surface area contributed by atoms with E-state index in [4.69, 9.17) is 10.5 Å². The Kier molecular flexibility index (Phi) is 6.86. The van der Waals surface area contributed by atoms with Crippen LogP contribution in [0.2, 0.25) is 0 Å². The molecule has 0 saturated heterocycles. The molecule has 0 heterocycles. The predicted molar refractivity (Wildman–Crippen MR) is 67.1 cm³/mol. The molecule has 1 unspecified atom stereocenters. The van der Waals surface area contributed by atoms with Crippen LogP contribution in [-0.4, -0.2) is 19.1 Å². The third-order valence-corrected chi connectivity index (χ3v) is 2.45. The van der Waals surface area contributed by atoms with Gasteiger partial charge in [0.15, 0.2) is 0 Å². The highest BCUT2D eigenvalue weighted by Gasteiger charge is 2.36. The zero-order chi connectivity index (χ0) is 13.8. The molecule has 19 heavy (non-hydrogen) atoms. The van der Waals surface area contributed by atoms with Crippen molar-refractivity contribution in [3.8, 4) is 0 Å². The van der Waals surface area contributed by atoms with Crippen molar-refractivity contribution in [3.05, 3.63) is 35.4 Å². The van der Waals surface area contributed by atoms with Gasteiger partial charge in [-0.25, -0.2) is 0 Å². The van der Waals surface area contributed by atoms with Gasteiger partial charge in [0.1, 0.15) is 0 Å². The lowest BCUT2D eigenvalue weighted by Gasteiger charge is -2.18. The van der Waals surface area contributed by atoms with Gasteiger partial charge < -0.3 is 10.5 Å². The first-order chi connectivity index (χ1) is 8.41. The Morgan fingerprint density at radius 3 is 2.42 bits per heavy atom. The number of ether oxygens (including phenoxy) is 1. The number of carbonyl (C=O) groups is 1. The minimum atomic E-state index is -4.52. The minimum absolute atomic E-state index is 0. The number of benzene rings is 1. The molecule has 7 heteroatoms. The maximum atomic E-state index is 12.8. The molecule has 1 atom stereocenters. The molecular weight excluding hydrogens is 283 g/mol. The van der Waals surface area contributed by atoms with Crippen LogP contribution >= 0.6 is 12.4 Å². The van der Waals surface area contributed by atoms with Gasteiger partial charge in [-0.05, 0) is 18.6 Å². The summed E-state index contributed by atoms with van der Waals surface area (Å²) in [6.45, 7) is 1.45. The van der Waals surface area contributed by atoms with Gasteiger partial charge in [0.25, 0.3) is 0 Å². The molecule has 0 aliphatic heterocycles. The summed E-state index contributed by atoms with van der Waals surface area (Å²) < 4.78 is 43.1. The quantitative estimate of drug-likeness (QED) is 0.870. The van der Waals surface area contributed by atoms with Crippen LogP contribution in [0.5, 0.6) is 0 Å². The normalized spacial score (nSPS) is 12.5. The SMILES string of the molecule is CCOC(=O)C(CN)c1ccccc1C(F)(F)F.Cl. The highest BCUT2D eigenvalue weighted by Crippen LogP contribution is 2.35. The van der Waals surface area contributed by atoms with Crippen molar-refractivity contribution in [2.24, 2.45) is 5.73 Å². The van der Waals surface area contributed by atoms with Gasteiger partial charge in [-0.3, -0.25) is 4.79 Å². The molecule has 0 aliphatic carbocycles. The van der Waals surface area contributed by atoms with Crippen molar-refractivity contribution in [3.63, 3.8) is 0 Å². The third kappa shape index (κ3) is 4.40. The molecule has 2 N–H and O–H groups in total. The number of halogens is 4. The van der Waals surface area contributed by atoms with Crippen LogP contribution in [0, 0.1) is 0 Å². The molecule has 3 nitrogen and oxygen atoms in total. The number of rotatable bonds is 4. The zero-order valence-electron chi connectivity index (χ0n) is 10.2. The van der Waals surface area contributed by atoms with Gasteiger partial charge in [0.2, 0.25) is 0 Å². The van der Waals surface area contributed by atoms with Crippen LogP contribution < -0.4 is 5.73 Å². The van der Waals surface area contributed by atoms with Gasteiger partial charge in [-0.2, -0.15) is 13.2 Å². The van der Waals surface area contributed by atoms with E-state index in [0.717, 1.165) is 6.07 Å². The topological polar surface area (TPSA) is 52.3 Å². The van der Waals surface area contributed by atoms with E-state index in [2.05, 4.69) is 0 Å². The van der Waals surface area contributed by atoms with Crippen molar-refractivity contribution in [2.45, 2.75) is 19.0 Å². The van der Waals surface area contributed by atoms with Crippen LogP contribution in [0.1, 0.15) is 24.0 Å². The summed E-state index contributed by atoms with van der Waals surface area (Å²) >= 11 is 0. The average Bonchev–Trinajstić information content (AvgIpc) is 2.29. The molecule has 0 saturated carbocycles. The van der Waals surface area contributed by atoms with Gasteiger partial charge in [-0.15, -0.1) is 12.4 Å². The van der Waals surface area contributed by atoms with Gasteiger partial charge in [0, 0.05) is 6.54 Å². The van der Waals surface area contributed by atoms with E-state index in [9.17, 15) is 18.0 Å². The van der Waals surface area contributed by atoms with Crippen LogP contribution in [0.4, 0.5) is 13.2 Å². The molecule has 0 spiro atoms. The summed E-state index contributed by atoms with van der Waals surface area (Å²) in [5, 5.41) is 0. The third-order valence-electron chi connectivity index (χ3n) is 2.45. The largest absolute Gasteiger partial charge is 0.465 e. The molecule has 0 fully saturated rings. The van der Waals surface area contributed by atoms with E-state index in [0.29, 0.717) is 0 Å². The molecular formula is C12H15ClF3NO2. The molecule has 0 aliphatic rings. The number of carbonyl (C=O) groups excluding carboxylic acids is 1. The maximum Gasteiger partial charge on any atom is 0.416 e. The molecule has 0 bridgehead atoms. The summed E-state index contributed by atoms with van der Waals surface area (Å²) in [5.74, 6) is -1.83. The maximum absolute atomic E-state index is 12.8. The van der Waals surface area contributed by atoms with Crippen molar-refractivity contribution in [1.82, 2.24) is 0 Å². The molecule has 1 aromatic rings. The standard InChI is InChI=1S/C12H14F3NO2.ClH/c1-2-18-11(17)9(7-16)8-5-3-4-6-10(8)12(13,14)15;/h3-6,9H,2,7,16H2,1H3;1H. The minimum Gasteiger partial charge on any atom is -0.465 e. The average molecular weight is 298 g/mol. The van der Waals surface area contributed by atoms with Crippen molar-refractivity contribution in [1.29, 1.82) is 0 Å². The monoisotopic (exact) mass is 297 g/mol. The summed E-state index contributed by atoms with van der Waals surface area (Å²) in [7, 11) is 0. The van der Waals surface area contributed by atoms with Gasteiger partial charge in [-0.1, -0.05) is 18.2 Å². The van der Waals surface area contributed by atoms with Crippen molar-refractivity contribution >= 4 is 18.4 Å². The predicted octanol–water partition coefficient (Wildman–Crippen LogP) is 2.73. The van der Waals surface area contributed by atoms with E-state index >= 15 is 0 Å². The Morgan fingerprint density at radius 1 is 1.37 bits per heavy atom. The zero-order valence-corrected chi connectivity index (χ0v) is 11.1. The fraction of sp³-hybridized carbons (Fsp3) is 0.417. The summed E-state index contributed by atoms with van der Waals surface area (Å²) in [4.78, 5) is 11.6. The van der Waals surface area contributed by atoms with Crippen LogP contribution in [0.3, 0.4) is 0 Å². The molecule has 108 valence electrons. The number of nitrogens with two attached hydrogens (primary N) is 1. The number of alkyl halides is 3. The van der Waals surface area contributed by atoms with E-state index in [1.807, 2.05) is 0 Å². The van der Waals surface area contributed by atoms with Crippen LogP contribution in [0.15, 0.2) is 24.3 Å². The Morgan fingerprint density at radius 2 is 1.95 bits per heavy atom. The Labute approximate surface area is 115 Å². The lowest BCUT2D eigenvalue weighted by molar-refractivity contribution is -0.145. The Balaban J connectivity index is 0.00000324. The summed E-state index contributed by atoms with van der Waals surface area (Å²) in [5.41, 5.74) is 4.38. The number of esters is 1. The molecule has 0 radical (unpaired) electrons. The highest BCUT2D eigenvalue weighted by molar-refractivity contribution is 5.85. The van der Waals surface area contributed by atoms with Gasteiger partial charge in [0.05, 0.1) is 18.1 Å². The highest BCUT2D eigenvalue weighted by atomic mass is 35.5. The molecule has 1 rings (SSSR count). The fourth-order valence-corrected chi connectivity index (χ4v) is 1.65. The van der Waals surface area contributed by atoms with Crippen LogP contribution in [0.25, 0.3) is 0 Å². The second kappa shape index (κ2) is 7.35. The number of hydrogen-bond donors (Lipinski definition) is 1. The van der Waals surface area contributed by atoms with Crippen LogP contribution in [-0.2, 0) is 15.7 Å². The second-order valence-corrected chi connectivity index (χ2v) is 3.63. The lowest BCUT2D eigenvalue weighted by Crippen LogP contribution is -2.26.